The highest BCUT2D eigenvalue weighted by atomic mass is 16.3. The van der Waals surface area contributed by atoms with Crippen LogP contribution in [0.25, 0.3) is 0 Å². The van der Waals surface area contributed by atoms with Gasteiger partial charge in [0.1, 0.15) is 6.07 Å². The molecule has 0 aromatic carbocycles. The summed E-state index contributed by atoms with van der Waals surface area (Å²) >= 11 is 0. The molecule has 0 aliphatic carbocycles. The average molecular weight is 165 g/mol. The summed E-state index contributed by atoms with van der Waals surface area (Å²) in [7, 11) is 0. The van der Waals surface area contributed by atoms with Gasteiger partial charge in [0.15, 0.2) is 6.20 Å². The molecule has 0 amide bonds. The number of anilines is 1. The molecule has 12 heavy (non-hydrogen) atoms. The Morgan fingerprint density at radius 1 is 1.83 bits per heavy atom. The van der Waals surface area contributed by atoms with E-state index in [0.29, 0.717) is 16.5 Å². The van der Waals surface area contributed by atoms with Crippen molar-refractivity contribution in [1.82, 2.24) is 4.98 Å². The van der Waals surface area contributed by atoms with E-state index in [2.05, 4.69) is 4.98 Å². The lowest BCUT2D eigenvalue weighted by atomic mass is 10.3. The lowest BCUT2D eigenvalue weighted by Crippen LogP contribution is -2.23. The lowest BCUT2D eigenvalue weighted by molar-refractivity contribution is -0.479. The predicted molar refractivity (Wildman–Crippen MR) is 42.7 cm³/mol. The standard InChI is InChI=1S/C7H9N4O/c1-2-5-4-11(12)7(9)6(3-8)10-5/h4H,2,9H2,1H3,(H,10,12)/q+1. The van der Waals surface area contributed by atoms with Gasteiger partial charge in [0.2, 0.25) is 5.69 Å². The molecular formula is C7H9N4O+. The maximum atomic E-state index is 11.0. The molecule has 0 aliphatic rings. The number of H-pyrrole nitrogens is 1. The number of hydrogen-bond donors (Lipinski definition) is 2. The Hall–Kier alpha value is -1.83. The molecule has 1 aromatic rings. The number of nitriles is 1. The van der Waals surface area contributed by atoms with Gasteiger partial charge in [-0.2, -0.15) is 5.26 Å². The zero-order chi connectivity index (χ0) is 9.14. The summed E-state index contributed by atoms with van der Waals surface area (Å²) in [5.74, 6) is -0.0882. The van der Waals surface area contributed by atoms with Crippen LogP contribution < -0.4 is 10.2 Å². The molecular weight excluding hydrogens is 156 g/mol. The van der Waals surface area contributed by atoms with Crippen molar-refractivity contribution in [2.45, 2.75) is 13.3 Å². The van der Waals surface area contributed by atoms with Crippen LogP contribution in [0.4, 0.5) is 5.82 Å². The summed E-state index contributed by atoms with van der Waals surface area (Å²) in [6.07, 6.45) is 1.99. The fourth-order valence-electron chi connectivity index (χ4n) is 0.843. The Balaban J connectivity index is 3.42. The summed E-state index contributed by atoms with van der Waals surface area (Å²) in [4.78, 5) is 13.7. The van der Waals surface area contributed by atoms with E-state index in [1.54, 1.807) is 0 Å². The Morgan fingerprint density at radius 3 is 3.00 bits per heavy atom. The number of nitrogen functional groups attached to an aromatic ring is 1. The van der Waals surface area contributed by atoms with Gasteiger partial charge >= 0.3 is 5.82 Å². The van der Waals surface area contributed by atoms with E-state index in [-0.39, 0.29) is 11.5 Å². The summed E-state index contributed by atoms with van der Waals surface area (Å²) in [5, 5.41) is 8.55. The quantitative estimate of drug-likeness (QED) is 0.571. The van der Waals surface area contributed by atoms with E-state index in [4.69, 9.17) is 11.0 Å². The number of rotatable bonds is 1. The fourth-order valence-corrected chi connectivity index (χ4v) is 0.843. The molecule has 62 valence electrons. The average Bonchev–Trinajstić information content (AvgIpc) is 2.09. The van der Waals surface area contributed by atoms with Crippen molar-refractivity contribution in [3.63, 3.8) is 0 Å². The Kier molecular flexibility index (Phi) is 2.10. The van der Waals surface area contributed by atoms with Gasteiger partial charge in [-0.15, -0.1) is 0 Å². The van der Waals surface area contributed by atoms with Crippen molar-refractivity contribution >= 4 is 5.82 Å². The van der Waals surface area contributed by atoms with Gasteiger partial charge in [-0.25, -0.2) is 0 Å². The maximum Gasteiger partial charge on any atom is 0.351 e. The molecule has 1 heterocycles. The van der Waals surface area contributed by atoms with Crippen LogP contribution in [0, 0.1) is 16.2 Å². The van der Waals surface area contributed by atoms with Crippen LogP contribution in [0.5, 0.6) is 0 Å². The van der Waals surface area contributed by atoms with Crippen molar-refractivity contribution in [3.05, 3.63) is 22.5 Å². The van der Waals surface area contributed by atoms with Crippen molar-refractivity contribution in [2.24, 2.45) is 0 Å². The van der Waals surface area contributed by atoms with Gasteiger partial charge in [-0.05, 0) is 6.42 Å². The Bertz CT molecular complexity index is 387. The van der Waals surface area contributed by atoms with Crippen LogP contribution in [0.15, 0.2) is 6.20 Å². The minimum Gasteiger partial charge on any atom is -0.340 e. The molecule has 5 nitrogen and oxygen atoms in total. The molecule has 0 saturated heterocycles. The molecule has 0 saturated carbocycles. The zero-order valence-corrected chi connectivity index (χ0v) is 6.66. The van der Waals surface area contributed by atoms with Crippen LogP contribution in [0.3, 0.4) is 0 Å². The molecule has 1 rings (SSSR count). The highest BCUT2D eigenvalue weighted by molar-refractivity contribution is 5.38. The van der Waals surface area contributed by atoms with Crippen molar-refractivity contribution < 1.29 is 4.43 Å². The van der Waals surface area contributed by atoms with E-state index < -0.39 is 0 Å². The molecule has 0 atom stereocenters. The second-order valence-corrected chi connectivity index (χ2v) is 2.33. The van der Waals surface area contributed by atoms with Crippen molar-refractivity contribution in [3.8, 4) is 6.07 Å². The fraction of sp³-hybridized carbons (Fsp3) is 0.286. The normalized spacial score (nSPS) is 9.33. The van der Waals surface area contributed by atoms with Gasteiger partial charge < -0.3 is 4.98 Å². The van der Waals surface area contributed by atoms with Crippen LogP contribution in [0.1, 0.15) is 18.3 Å². The van der Waals surface area contributed by atoms with E-state index in [9.17, 15) is 4.91 Å². The summed E-state index contributed by atoms with van der Waals surface area (Å²) < 4.78 is 0.494. The van der Waals surface area contributed by atoms with Crippen LogP contribution in [-0.2, 0) is 6.42 Å². The van der Waals surface area contributed by atoms with Gasteiger partial charge in [-0.1, -0.05) is 11.8 Å². The third-order valence-corrected chi connectivity index (χ3v) is 1.54. The van der Waals surface area contributed by atoms with Gasteiger partial charge in [0, 0.05) is 4.43 Å². The molecule has 5 heteroatoms. The smallest absolute Gasteiger partial charge is 0.340 e. The molecule has 0 bridgehead atoms. The molecule has 0 aliphatic heterocycles. The first-order valence-corrected chi connectivity index (χ1v) is 3.53. The van der Waals surface area contributed by atoms with Crippen LogP contribution >= 0.6 is 0 Å². The summed E-state index contributed by atoms with van der Waals surface area (Å²) in [6, 6.07) is 1.81. The highest BCUT2D eigenvalue weighted by Gasteiger charge is 2.10. The lowest BCUT2D eigenvalue weighted by Gasteiger charge is -1.94. The Morgan fingerprint density at radius 2 is 2.50 bits per heavy atom. The number of nitrogens with two attached hydrogens (primary N) is 1. The molecule has 0 radical (unpaired) electrons. The van der Waals surface area contributed by atoms with Crippen molar-refractivity contribution in [1.29, 1.82) is 5.26 Å². The number of nitrogens with one attached hydrogen (secondary N) is 1. The maximum absolute atomic E-state index is 11.0. The number of aryl methyl sites for hydroxylation is 1. The van der Waals surface area contributed by atoms with Gasteiger partial charge in [0.05, 0.1) is 5.69 Å². The minimum atomic E-state index is -0.0882. The second-order valence-electron chi connectivity index (χ2n) is 2.33. The first-order chi connectivity index (χ1) is 5.69. The van der Waals surface area contributed by atoms with E-state index >= 15 is 0 Å². The second kappa shape index (κ2) is 3.05. The Labute approximate surface area is 69.1 Å². The third-order valence-electron chi connectivity index (χ3n) is 1.54. The van der Waals surface area contributed by atoms with E-state index in [0.717, 1.165) is 0 Å². The number of hydrogen-bond acceptors (Lipinski definition) is 3. The van der Waals surface area contributed by atoms with Gasteiger partial charge in [-0.3, -0.25) is 5.73 Å². The highest BCUT2D eigenvalue weighted by Crippen LogP contribution is 2.00. The number of aromatic amines is 1. The summed E-state index contributed by atoms with van der Waals surface area (Å²) in [5.41, 5.74) is 6.12. The predicted octanol–water partition coefficient (Wildman–Crippen LogP) is -0.0545. The first kappa shape index (κ1) is 8.27. The third kappa shape index (κ3) is 1.27. The number of aromatic nitrogens is 2. The molecule has 0 unspecified atom stereocenters. The number of nitrogens with zero attached hydrogens (tertiary/aromatic N) is 2. The van der Waals surface area contributed by atoms with Gasteiger partial charge in [0.25, 0.3) is 0 Å². The first-order valence-electron chi connectivity index (χ1n) is 3.53. The topological polar surface area (TPSA) is 88.6 Å². The molecule has 0 fully saturated rings. The molecule has 3 N–H and O–H groups in total. The van der Waals surface area contributed by atoms with Crippen LogP contribution in [-0.4, -0.2) is 4.98 Å². The largest absolute Gasteiger partial charge is 0.351 e. The van der Waals surface area contributed by atoms with E-state index in [1.165, 1.54) is 6.20 Å². The molecule has 1 aromatic heterocycles. The van der Waals surface area contributed by atoms with E-state index in [1.807, 2.05) is 13.0 Å². The minimum absolute atomic E-state index is 0.0882. The van der Waals surface area contributed by atoms with Crippen LogP contribution in [0.2, 0.25) is 0 Å². The summed E-state index contributed by atoms with van der Waals surface area (Å²) in [6.45, 7) is 1.88. The van der Waals surface area contributed by atoms with Crippen molar-refractivity contribution in [2.75, 3.05) is 5.73 Å². The zero-order valence-electron chi connectivity index (χ0n) is 6.66. The monoisotopic (exact) mass is 165 g/mol. The molecule has 0 spiro atoms. The SMILES string of the molecule is CCc1c[n+](=O)c(N)c(C#N)[nH]1.